The van der Waals surface area contributed by atoms with E-state index in [-0.39, 0.29) is 0 Å². The highest BCUT2D eigenvalue weighted by Gasteiger charge is 2.13. The van der Waals surface area contributed by atoms with Crippen LogP contribution in [0.1, 0.15) is 25.8 Å². The van der Waals surface area contributed by atoms with Crippen molar-refractivity contribution in [3.8, 4) is 0 Å². The first-order chi connectivity index (χ1) is 8.69. The Bertz CT molecular complexity index is 337. The van der Waals surface area contributed by atoms with Crippen LogP contribution in [0, 0.1) is 0 Å². The van der Waals surface area contributed by atoms with Crippen molar-refractivity contribution in [2.75, 3.05) is 19.8 Å². The highest BCUT2D eigenvalue weighted by molar-refractivity contribution is 6.35. The van der Waals surface area contributed by atoms with Crippen molar-refractivity contribution in [1.82, 2.24) is 5.32 Å². The van der Waals surface area contributed by atoms with Gasteiger partial charge in [0.2, 0.25) is 0 Å². The normalized spacial score (nSPS) is 12.7. The van der Waals surface area contributed by atoms with E-state index in [2.05, 4.69) is 12.2 Å². The molecule has 102 valence electrons. The van der Waals surface area contributed by atoms with Crippen molar-refractivity contribution < 1.29 is 4.74 Å². The summed E-state index contributed by atoms with van der Waals surface area (Å²) < 4.78 is 5.40. The van der Waals surface area contributed by atoms with E-state index in [9.17, 15) is 0 Å². The first-order valence-electron chi connectivity index (χ1n) is 6.43. The molecule has 0 aliphatic carbocycles. The number of benzene rings is 1. The summed E-state index contributed by atoms with van der Waals surface area (Å²) in [5, 5.41) is 4.92. The molecule has 1 N–H and O–H groups in total. The van der Waals surface area contributed by atoms with Gasteiger partial charge < -0.3 is 10.1 Å². The van der Waals surface area contributed by atoms with Crippen molar-refractivity contribution in [2.45, 2.75) is 32.7 Å². The maximum Gasteiger partial charge on any atom is 0.0480 e. The third kappa shape index (κ3) is 5.15. The summed E-state index contributed by atoms with van der Waals surface area (Å²) in [4.78, 5) is 0. The Labute approximate surface area is 120 Å². The Balaban J connectivity index is 2.64. The molecule has 0 saturated carbocycles. The second-order valence-corrected chi connectivity index (χ2v) is 4.96. The Kier molecular flexibility index (Phi) is 7.68. The van der Waals surface area contributed by atoms with E-state index >= 15 is 0 Å². The van der Waals surface area contributed by atoms with E-state index in [0.29, 0.717) is 6.04 Å². The molecule has 0 spiro atoms. The molecule has 1 atom stereocenters. The van der Waals surface area contributed by atoms with Crippen LogP contribution in [-0.4, -0.2) is 25.8 Å². The van der Waals surface area contributed by atoms with Crippen molar-refractivity contribution >= 4 is 23.2 Å². The molecule has 0 saturated heterocycles. The molecular formula is C14H21Cl2NO. The van der Waals surface area contributed by atoms with Crippen LogP contribution in [0.5, 0.6) is 0 Å². The van der Waals surface area contributed by atoms with E-state index in [1.165, 1.54) is 0 Å². The lowest BCUT2D eigenvalue weighted by molar-refractivity contribution is 0.136. The van der Waals surface area contributed by atoms with E-state index in [1.54, 1.807) is 0 Å². The van der Waals surface area contributed by atoms with Crippen LogP contribution < -0.4 is 5.32 Å². The van der Waals surface area contributed by atoms with Crippen LogP contribution in [0.15, 0.2) is 18.2 Å². The van der Waals surface area contributed by atoms with E-state index < -0.39 is 0 Å². The fourth-order valence-electron chi connectivity index (χ4n) is 1.91. The predicted octanol–water partition coefficient (Wildman–Crippen LogP) is 3.94. The van der Waals surface area contributed by atoms with E-state index in [0.717, 1.165) is 48.2 Å². The molecule has 0 amide bonds. The van der Waals surface area contributed by atoms with Gasteiger partial charge in [-0.3, -0.25) is 0 Å². The van der Waals surface area contributed by atoms with Gasteiger partial charge in [0, 0.05) is 29.3 Å². The molecule has 2 nitrogen and oxygen atoms in total. The Morgan fingerprint density at radius 3 is 2.44 bits per heavy atom. The summed E-state index contributed by atoms with van der Waals surface area (Å²) in [6.07, 6.45) is 1.79. The van der Waals surface area contributed by atoms with Crippen molar-refractivity contribution in [2.24, 2.45) is 0 Å². The average molecular weight is 290 g/mol. The molecule has 4 heteroatoms. The van der Waals surface area contributed by atoms with Gasteiger partial charge in [-0.05, 0) is 44.0 Å². The maximum absolute atomic E-state index is 6.19. The first-order valence-corrected chi connectivity index (χ1v) is 7.18. The first kappa shape index (κ1) is 15.8. The fraction of sp³-hybridized carbons (Fsp3) is 0.571. The molecule has 0 aliphatic heterocycles. The molecular weight excluding hydrogens is 269 g/mol. The summed E-state index contributed by atoms with van der Waals surface area (Å²) in [5.74, 6) is 0. The quantitative estimate of drug-likeness (QED) is 0.732. The number of likely N-dealkylation sites (N-methyl/N-ethyl adjacent to an activating group) is 1. The van der Waals surface area contributed by atoms with Crippen molar-refractivity contribution in [1.29, 1.82) is 0 Å². The number of rotatable bonds is 8. The van der Waals surface area contributed by atoms with Gasteiger partial charge in [-0.25, -0.2) is 0 Å². The van der Waals surface area contributed by atoms with Crippen LogP contribution in [0.3, 0.4) is 0 Å². The van der Waals surface area contributed by atoms with Gasteiger partial charge in [0.1, 0.15) is 0 Å². The molecule has 0 aromatic heterocycles. The molecule has 0 radical (unpaired) electrons. The Morgan fingerprint density at radius 2 is 1.89 bits per heavy atom. The third-order valence-electron chi connectivity index (χ3n) is 2.82. The van der Waals surface area contributed by atoms with Crippen molar-refractivity contribution in [3.63, 3.8) is 0 Å². The van der Waals surface area contributed by atoms with E-state index in [1.807, 2.05) is 25.1 Å². The number of nitrogens with one attached hydrogen (secondary N) is 1. The minimum atomic E-state index is 0.346. The van der Waals surface area contributed by atoms with Gasteiger partial charge in [-0.1, -0.05) is 36.2 Å². The number of ether oxygens (including phenoxy) is 1. The molecule has 1 aromatic carbocycles. The standard InChI is InChI=1S/C14H21Cl2NO/c1-3-17-11(8-9-18-4-2)10-12-13(15)6-5-7-14(12)16/h5-7,11,17H,3-4,8-10H2,1-2H3. The summed E-state index contributed by atoms with van der Waals surface area (Å²) in [6.45, 7) is 6.55. The van der Waals surface area contributed by atoms with Gasteiger partial charge in [0.05, 0.1) is 0 Å². The molecule has 18 heavy (non-hydrogen) atoms. The summed E-state index contributed by atoms with van der Waals surface area (Å²) in [7, 11) is 0. The largest absolute Gasteiger partial charge is 0.382 e. The minimum Gasteiger partial charge on any atom is -0.382 e. The molecule has 0 heterocycles. The lowest BCUT2D eigenvalue weighted by Crippen LogP contribution is -2.32. The maximum atomic E-state index is 6.19. The second kappa shape index (κ2) is 8.76. The van der Waals surface area contributed by atoms with Crippen LogP contribution in [0.4, 0.5) is 0 Å². The molecule has 0 fully saturated rings. The number of halogens is 2. The SMILES string of the molecule is CCNC(CCOCC)Cc1c(Cl)cccc1Cl. The summed E-state index contributed by atoms with van der Waals surface area (Å²) in [5.41, 5.74) is 1.02. The minimum absolute atomic E-state index is 0.346. The lowest BCUT2D eigenvalue weighted by Gasteiger charge is -2.19. The molecule has 0 bridgehead atoms. The van der Waals surface area contributed by atoms with Gasteiger partial charge in [0.25, 0.3) is 0 Å². The molecule has 0 aliphatic rings. The number of hydrogen-bond acceptors (Lipinski definition) is 2. The van der Waals surface area contributed by atoms with Gasteiger partial charge in [0.15, 0.2) is 0 Å². The third-order valence-corrected chi connectivity index (χ3v) is 3.53. The second-order valence-electron chi connectivity index (χ2n) is 4.14. The van der Waals surface area contributed by atoms with Crippen LogP contribution in [-0.2, 0) is 11.2 Å². The number of hydrogen-bond donors (Lipinski definition) is 1. The van der Waals surface area contributed by atoms with E-state index in [4.69, 9.17) is 27.9 Å². The lowest BCUT2D eigenvalue weighted by atomic mass is 10.0. The topological polar surface area (TPSA) is 21.3 Å². The predicted molar refractivity (Wildman–Crippen MR) is 78.7 cm³/mol. The summed E-state index contributed by atoms with van der Waals surface area (Å²) >= 11 is 12.4. The monoisotopic (exact) mass is 289 g/mol. The highest BCUT2D eigenvalue weighted by Crippen LogP contribution is 2.26. The van der Waals surface area contributed by atoms with Gasteiger partial charge in [-0.2, -0.15) is 0 Å². The molecule has 1 aromatic rings. The Hall–Kier alpha value is -0.280. The van der Waals surface area contributed by atoms with Crippen LogP contribution in [0.2, 0.25) is 10.0 Å². The Morgan fingerprint density at radius 1 is 1.22 bits per heavy atom. The summed E-state index contributed by atoms with van der Waals surface area (Å²) in [6, 6.07) is 5.98. The van der Waals surface area contributed by atoms with Gasteiger partial charge in [-0.15, -0.1) is 0 Å². The average Bonchev–Trinajstić information content (AvgIpc) is 2.34. The zero-order valence-electron chi connectivity index (χ0n) is 11.0. The smallest absolute Gasteiger partial charge is 0.0480 e. The molecule has 1 unspecified atom stereocenters. The van der Waals surface area contributed by atoms with Crippen LogP contribution >= 0.6 is 23.2 Å². The fourth-order valence-corrected chi connectivity index (χ4v) is 2.46. The van der Waals surface area contributed by atoms with Crippen molar-refractivity contribution in [3.05, 3.63) is 33.8 Å². The zero-order valence-corrected chi connectivity index (χ0v) is 12.5. The zero-order chi connectivity index (χ0) is 13.4. The molecule has 1 rings (SSSR count). The highest BCUT2D eigenvalue weighted by atomic mass is 35.5. The van der Waals surface area contributed by atoms with Crippen LogP contribution in [0.25, 0.3) is 0 Å². The van der Waals surface area contributed by atoms with Gasteiger partial charge >= 0.3 is 0 Å².